The molecule has 0 aromatic carbocycles. The first-order valence-corrected chi connectivity index (χ1v) is 7.12. The van der Waals surface area contributed by atoms with Gasteiger partial charge in [-0.05, 0) is 19.9 Å². The predicted molar refractivity (Wildman–Crippen MR) is 78.3 cm³/mol. The number of hydrogen-bond donors (Lipinski definition) is 1. The maximum atomic E-state index is 12.4. The minimum Gasteiger partial charge on any atom is -0.383 e. The summed E-state index contributed by atoms with van der Waals surface area (Å²) in [7, 11) is 1.69. The van der Waals surface area contributed by atoms with Crippen LogP contribution in [0.5, 0.6) is 0 Å². The first-order valence-electron chi connectivity index (χ1n) is 7.12. The Hall–Kier alpha value is -1.73. The van der Waals surface area contributed by atoms with Crippen LogP contribution < -0.4 is 5.56 Å². The molecule has 7 heteroatoms. The molecular weight excluding hydrogens is 272 g/mol. The van der Waals surface area contributed by atoms with Crippen molar-refractivity contribution in [2.45, 2.75) is 25.9 Å². The quantitative estimate of drug-likeness (QED) is 0.842. The van der Waals surface area contributed by atoms with Crippen LogP contribution in [0.25, 0.3) is 0 Å². The highest BCUT2D eigenvalue weighted by molar-refractivity contribution is 5.92. The van der Waals surface area contributed by atoms with E-state index in [4.69, 9.17) is 4.74 Å². The lowest BCUT2D eigenvalue weighted by Crippen LogP contribution is -2.58. The molecule has 1 aromatic heterocycles. The molecule has 116 valence electrons. The Kier molecular flexibility index (Phi) is 5.08. The zero-order chi connectivity index (χ0) is 15.4. The summed E-state index contributed by atoms with van der Waals surface area (Å²) >= 11 is 0. The summed E-state index contributed by atoms with van der Waals surface area (Å²) in [5.41, 5.74) is -0.0305. The maximum Gasteiger partial charge on any atom is 0.274 e. The van der Waals surface area contributed by atoms with E-state index in [9.17, 15) is 9.59 Å². The summed E-state index contributed by atoms with van der Waals surface area (Å²) in [5.74, 6) is -0.142. The van der Waals surface area contributed by atoms with Crippen LogP contribution in [0.2, 0.25) is 0 Å². The van der Waals surface area contributed by atoms with Gasteiger partial charge in [-0.3, -0.25) is 14.5 Å². The molecule has 2 atom stereocenters. The highest BCUT2D eigenvalue weighted by Gasteiger charge is 2.32. The first kappa shape index (κ1) is 15.7. The van der Waals surface area contributed by atoms with Crippen LogP contribution in [-0.2, 0) is 4.74 Å². The largest absolute Gasteiger partial charge is 0.383 e. The van der Waals surface area contributed by atoms with Gasteiger partial charge >= 0.3 is 0 Å². The van der Waals surface area contributed by atoms with Crippen molar-refractivity contribution < 1.29 is 9.53 Å². The summed E-state index contributed by atoms with van der Waals surface area (Å²) in [6.45, 7) is 7.04. The number of piperazine rings is 1. The first-order chi connectivity index (χ1) is 10.0. The highest BCUT2D eigenvalue weighted by Crippen LogP contribution is 2.16. The van der Waals surface area contributed by atoms with Crippen molar-refractivity contribution in [1.82, 2.24) is 20.0 Å². The number of aromatic nitrogens is 2. The van der Waals surface area contributed by atoms with Crippen molar-refractivity contribution in [3.8, 4) is 0 Å². The number of methoxy groups -OCH3 is 1. The molecule has 0 radical (unpaired) electrons. The lowest BCUT2D eigenvalue weighted by molar-refractivity contribution is 0.0189. The lowest BCUT2D eigenvalue weighted by Gasteiger charge is -2.44. The molecule has 2 heterocycles. The van der Waals surface area contributed by atoms with E-state index >= 15 is 0 Å². The third kappa shape index (κ3) is 3.68. The van der Waals surface area contributed by atoms with Crippen molar-refractivity contribution >= 4 is 5.91 Å². The number of nitrogens with one attached hydrogen (secondary N) is 1. The molecule has 2 unspecified atom stereocenters. The van der Waals surface area contributed by atoms with E-state index in [0.717, 1.165) is 6.54 Å². The van der Waals surface area contributed by atoms with Gasteiger partial charge < -0.3 is 9.64 Å². The molecule has 1 N–H and O–H groups in total. The summed E-state index contributed by atoms with van der Waals surface area (Å²) in [5, 5.41) is 6.11. The molecule has 1 aliphatic heterocycles. The average Bonchev–Trinajstić information content (AvgIpc) is 2.46. The van der Waals surface area contributed by atoms with Crippen LogP contribution in [-0.4, -0.2) is 71.3 Å². The Balaban J connectivity index is 2.04. The smallest absolute Gasteiger partial charge is 0.274 e. The van der Waals surface area contributed by atoms with E-state index in [1.807, 2.05) is 0 Å². The minimum absolute atomic E-state index is 0.142. The van der Waals surface area contributed by atoms with Crippen molar-refractivity contribution in [2.75, 3.05) is 33.4 Å². The fraction of sp³-hybridized carbons (Fsp3) is 0.643. The van der Waals surface area contributed by atoms with Gasteiger partial charge in [0.2, 0.25) is 0 Å². The number of hydrogen-bond acceptors (Lipinski definition) is 5. The molecule has 1 aliphatic rings. The van der Waals surface area contributed by atoms with Gasteiger partial charge in [-0.2, -0.15) is 5.10 Å². The predicted octanol–water partition coefficient (Wildman–Crippen LogP) is -0.0489. The summed E-state index contributed by atoms with van der Waals surface area (Å²) in [6.07, 6.45) is 0. The van der Waals surface area contributed by atoms with Gasteiger partial charge in [0.1, 0.15) is 5.69 Å². The highest BCUT2D eigenvalue weighted by atomic mass is 16.5. The molecule has 0 spiro atoms. The van der Waals surface area contributed by atoms with Crippen LogP contribution >= 0.6 is 0 Å². The summed E-state index contributed by atoms with van der Waals surface area (Å²) in [6, 6.07) is 3.31. The summed E-state index contributed by atoms with van der Waals surface area (Å²) < 4.78 is 5.13. The number of rotatable bonds is 4. The normalized spacial score (nSPS) is 23.3. The van der Waals surface area contributed by atoms with E-state index in [-0.39, 0.29) is 29.2 Å². The van der Waals surface area contributed by atoms with Gasteiger partial charge in [-0.1, -0.05) is 0 Å². The minimum atomic E-state index is -0.308. The molecule has 7 nitrogen and oxygen atoms in total. The van der Waals surface area contributed by atoms with Crippen LogP contribution in [0, 0.1) is 0 Å². The molecular formula is C14H22N4O3. The van der Waals surface area contributed by atoms with Crippen LogP contribution in [0.4, 0.5) is 0 Å². The second-order valence-corrected chi connectivity index (χ2v) is 5.45. The maximum absolute atomic E-state index is 12.4. The van der Waals surface area contributed by atoms with E-state index in [1.165, 1.54) is 12.1 Å². The number of H-pyrrole nitrogens is 1. The van der Waals surface area contributed by atoms with Gasteiger partial charge in [0.15, 0.2) is 0 Å². The van der Waals surface area contributed by atoms with Gasteiger partial charge in [-0.25, -0.2) is 5.10 Å². The van der Waals surface area contributed by atoms with E-state index < -0.39 is 0 Å². The Morgan fingerprint density at radius 1 is 1.38 bits per heavy atom. The van der Waals surface area contributed by atoms with E-state index in [0.29, 0.717) is 19.7 Å². The van der Waals surface area contributed by atoms with E-state index in [2.05, 4.69) is 28.9 Å². The Morgan fingerprint density at radius 3 is 2.57 bits per heavy atom. The molecule has 0 bridgehead atoms. The zero-order valence-corrected chi connectivity index (χ0v) is 12.7. The lowest BCUT2D eigenvalue weighted by atomic mass is 10.1. The molecule has 21 heavy (non-hydrogen) atoms. The number of carbonyl (C=O) groups excluding carboxylic acids is 1. The molecule has 1 saturated heterocycles. The topological polar surface area (TPSA) is 78.5 Å². The summed E-state index contributed by atoms with van der Waals surface area (Å²) in [4.78, 5) is 27.6. The van der Waals surface area contributed by atoms with Gasteiger partial charge in [0.25, 0.3) is 11.5 Å². The second-order valence-electron chi connectivity index (χ2n) is 5.45. The fourth-order valence-corrected chi connectivity index (χ4v) is 2.79. The molecule has 1 amide bonds. The Labute approximate surface area is 123 Å². The zero-order valence-electron chi connectivity index (χ0n) is 12.7. The average molecular weight is 294 g/mol. The monoisotopic (exact) mass is 294 g/mol. The number of ether oxygens (including phenoxy) is 1. The standard InChI is InChI=1S/C14H22N4O3/c1-10-8-17(9-11(2)18(10)6-7-21-3)14(20)12-4-5-13(19)16-15-12/h4-5,10-11H,6-9H2,1-3H3,(H,16,19). The SMILES string of the molecule is COCCN1C(C)CN(C(=O)c2ccc(=O)[nH]n2)CC1C. The Morgan fingerprint density at radius 2 is 2.05 bits per heavy atom. The van der Waals surface area contributed by atoms with Crippen molar-refractivity contribution in [3.63, 3.8) is 0 Å². The molecule has 0 aliphatic carbocycles. The fourth-order valence-electron chi connectivity index (χ4n) is 2.79. The number of carbonyl (C=O) groups is 1. The van der Waals surface area contributed by atoms with Gasteiger partial charge in [-0.15, -0.1) is 0 Å². The van der Waals surface area contributed by atoms with Gasteiger partial charge in [0, 0.05) is 44.9 Å². The van der Waals surface area contributed by atoms with Gasteiger partial charge in [0.05, 0.1) is 6.61 Å². The van der Waals surface area contributed by atoms with Crippen LogP contribution in [0.1, 0.15) is 24.3 Å². The third-order valence-electron chi connectivity index (χ3n) is 3.84. The number of aromatic amines is 1. The number of amides is 1. The van der Waals surface area contributed by atoms with Crippen molar-refractivity contribution in [1.29, 1.82) is 0 Å². The third-order valence-corrected chi connectivity index (χ3v) is 3.84. The Bertz CT molecular complexity index is 513. The number of nitrogens with zero attached hydrogens (tertiary/aromatic N) is 3. The molecule has 0 saturated carbocycles. The van der Waals surface area contributed by atoms with Crippen molar-refractivity contribution in [3.05, 3.63) is 28.2 Å². The molecule has 1 aromatic rings. The second kappa shape index (κ2) is 6.82. The van der Waals surface area contributed by atoms with Crippen LogP contribution in [0.3, 0.4) is 0 Å². The molecule has 2 rings (SSSR count). The van der Waals surface area contributed by atoms with E-state index in [1.54, 1.807) is 12.0 Å². The van der Waals surface area contributed by atoms with Crippen LogP contribution in [0.15, 0.2) is 16.9 Å². The molecule has 1 fully saturated rings. The van der Waals surface area contributed by atoms with Crippen molar-refractivity contribution in [2.24, 2.45) is 0 Å².